The zero-order chi connectivity index (χ0) is 21.8. The SMILES string of the molecule is O=C(Nc1nnc(SCc2cccc(C(F)(F)F)c2)s1)c1cc(-c2ccccc2)on1. The molecule has 1 N–H and O–H groups in total. The van der Waals surface area contributed by atoms with Crippen molar-refractivity contribution in [1.82, 2.24) is 15.4 Å². The fraction of sp³-hybridized carbons (Fsp3) is 0.100. The summed E-state index contributed by atoms with van der Waals surface area (Å²) in [5.74, 6) is 0.243. The Balaban J connectivity index is 1.36. The molecular formula is C20H13F3N4O2S2. The highest BCUT2D eigenvalue weighted by atomic mass is 32.2. The van der Waals surface area contributed by atoms with Crippen molar-refractivity contribution in [2.75, 3.05) is 5.32 Å². The molecular weight excluding hydrogens is 449 g/mol. The van der Waals surface area contributed by atoms with Gasteiger partial charge in [-0.05, 0) is 11.6 Å². The molecule has 4 aromatic rings. The average Bonchev–Trinajstić information content (AvgIpc) is 3.42. The Morgan fingerprint density at radius 3 is 2.65 bits per heavy atom. The van der Waals surface area contributed by atoms with Crippen molar-refractivity contribution in [3.63, 3.8) is 0 Å². The van der Waals surface area contributed by atoms with Gasteiger partial charge in [-0.2, -0.15) is 13.2 Å². The summed E-state index contributed by atoms with van der Waals surface area (Å²) in [4.78, 5) is 12.4. The quantitative estimate of drug-likeness (QED) is 0.290. The molecule has 2 heterocycles. The van der Waals surface area contributed by atoms with Crippen LogP contribution in [0.3, 0.4) is 0 Å². The summed E-state index contributed by atoms with van der Waals surface area (Å²) in [6.07, 6.45) is -4.39. The van der Waals surface area contributed by atoms with Crippen LogP contribution in [0.15, 0.2) is 69.5 Å². The molecule has 0 bridgehead atoms. The first kappa shape index (κ1) is 21.1. The maximum Gasteiger partial charge on any atom is 0.416 e. The molecule has 0 aliphatic carbocycles. The lowest BCUT2D eigenvalue weighted by Gasteiger charge is -2.07. The third kappa shape index (κ3) is 5.30. The fourth-order valence-electron chi connectivity index (χ4n) is 2.58. The smallest absolute Gasteiger partial charge is 0.355 e. The van der Waals surface area contributed by atoms with Gasteiger partial charge < -0.3 is 4.52 Å². The molecule has 0 radical (unpaired) electrons. The van der Waals surface area contributed by atoms with Crippen LogP contribution in [0.25, 0.3) is 11.3 Å². The van der Waals surface area contributed by atoms with E-state index in [1.54, 1.807) is 6.07 Å². The van der Waals surface area contributed by atoms with Gasteiger partial charge in [-0.25, -0.2) is 0 Å². The van der Waals surface area contributed by atoms with E-state index in [0.717, 1.165) is 29.0 Å². The number of hydrogen-bond acceptors (Lipinski definition) is 7. The molecule has 0 aliphatic heterocycles. The minimum Gasteiger partial charge on any atom is -0.355 e. The number of carbonyl (C=O) groups excluding carboxylic acids is 1. The van der Waals surface area contributed by atoms with Crippen LogP contribution in [0.5, 0.6) is 0 Å². The van der Waals surface area contributed by atoms with Crippen LogP contribution in [0.2, 0.25) is 0 Å². The van der Waals surface area contributed by atoms with Gasteiger partial charge in [0.15, 0.2) is 15.8 Å². The predicted octanol–water partition coefficient (Wildman–Crippen LogP) is 5.76. The van der Waals surface area contributed by atoms with Crippen molar-refractivity contribution >= 4 is 34.1 Å². The van der Waals surface area contributed by atoms with Crippen molar-refractivity contribution in [3.8, 4) is 11.3 Å². The molecule has 4 rings (SSSR count). The second-order valence-corrected chi connectivity index (χ2v) is 8.46. The van der Waals surface area contributed by atoms with Gasteiger partial charge in [-0.3, -0.25) is 10.1 Å². The van der Waals surface area contributed by atoms with E-state index in [2.05, 4.69) is 20.7 Å². The van der Waals surface area contributed by atoms with Crippen molar-refractivity contribution in [3.05, 3.63) is 77.5 Å². The van der Waals surface area contributed by atoms with Crippen LogP contribution in [0.1, 0.15) is 21.6 Å². The zero-order valence-electron chi connectivity index (χ0n) is 15.6. The Kier molecular flexibility index (Phi) is 6.05. The molecule has 31 heavy (non-hydrogen) atoms. The normalized spacial score (nSPS) is 11.5. The van der Waals surface area contributed by atoms with Crippen LogP contribution < -0.4 is 5.32 Å². The average molecular weight is 462 g/mol. The molecule has 0 spiro atoms. The molecule has 0 unspecified atom stereocenters. The van der Waals surface area contributed by atoms with E-state index in [-0.39, 0.29) is 16.6 Å². The van der Waals surface area contributed by atoms with Gasteiger partial charge in [0, 0.05) is 17.4 Å². The minimum atomic E-state index is -4.39. The molecule has 1 amide bonds. The van der Waals surface area contributed by atoms with E-state index >= 15 is 0 Å². The van der Waals surface area contributed by atoms with Gasteiger partial charge in [0.1, 0.15) is 0 Å². The number of hydrogen-bond donors (Lipinski definition) is 1. The third-order valence-corrected chi connectivity index (χ3v) is 6.09. The van der Waals surface area contributed by atoms with Crippen molar-refractivity contribution < 1.29 is 22.5 Å². The Bertz CT molecular complexity index is 1190. The maximum absolute atomic E-state index is 12.8. The summed E-state index contributed by atoms with van der Waals surface area (Å²) in [6.45, 7) is 0. The fourth-order valence-corrected chi connectivity index (χ4v) is 4.27. The summed E-state index contributed by atoms with van der Waals surface area (Å²) in [5.41, 5.74) is 0.695. The molecule has 11 heteroatoms. The molecule has 0 saturated carbocycles. The highest BCUT2D eigenvalue weighted by Gasteiger charge is 2.30. The van der Waals surface area contributed by atoms with Crippen LogP contribution in [-0.2, 0) is 11.9 Å². The van der Waals surface area contributed by atoms with Crippen LogP contribution in [0.4, 0.5) is 18.3 Å². The maximum atomic E-state index is 12.8. The number of thioether (sulfide) groups is 1. The molecule has 158 valence electrons. The highest BCUT2D eigenvalue weighted by Crippen LogP contribution is 2.32. The summed E-state index contributed by atoms with van der Waals surface area (Å²) >= 11 is 2.35. The topological polar surface area (TPSA) is 80.9 Å². The summed E-state index contributed by atoms with van der Waals surface area (Å²) in [6, 6.07) is 15.9. The second kappa shape index (κ2) is 8.90. The van der Waals surface area contributed by atoms with E-state index in [9.17, 15) is 18.0 Å². The summed E-state index contributed by atoms with van der Waals surface area (Å²) in [5, 5.41) is 14.5. The largest absolute Gasteiger partial charge is 0.416 e. The lowest BCUT2D eigenvalue weighted by atomic mass is 10.1. The highest BCUT2D eigenvalue weighted by molar-refractivity contribution is 8.00. The predicted molar refractivity (Wildman–Crippen MR) is 111 cm³/mol. The first-order chi connectivity index (χ1) is 14.9. The molecule has 0 fully saturated rings. The van der Waals surface area contributed by atoms with E-state index < -0.39 is 17.6 Å². The van der Waals surface area contributed by atoms with Gasteiger partial charge >= 0.3 is 6.18 Å². The van der Waals surface area contributed by atoms with Gasteiger partial charge in [0.25, 0.3) is 5.91 Å². The monoisotopic (exact) mass is 462 g/mol. The first-order valence-electron chi connectivity index (χ1n) is 8.84. The third-order valence-electron chi connectivity index (χ3n) is 4.04. The second-order valence-electron chi connectivity index (χ2n) is 6.26. The number of halogens is 3. The van der Waals surface area contributed by atoms with Crippen molar-refractivity contribution in [1.29, 1.82) is 0 Å². The standard InChI is InChI=1S/C20H13F3N4O2S2/c21-20(22,23)14-8-4-5-12(9-14)11-30-19-26-25-18(31-19)24-17(28)15-10-16(29-27-15)13-6-2-1-3-7-13/h1-10H,11H2,(H,24,25,28). The molecule has 2 aromatic carbocycles. The number of carbonyl (C=O) groups is 1. The molecule has 2 aromatic heterocycles. The number of nitrogens with zero attached hydrogens (tertiary/aromatic N) is 3. The molecule has 0 aliphatic rings. The number of amides is 1. The number of benzene rings is 2. The lowest BCUT2D eigenvalue weighted by molar-refractivity contribution is -0.137. The number of aromatic nitrogens is 3. The zero-order valence-corrected chi connectivity index (χ0v) is 17.2. The summed E-state index contributed by atoms with van der Waals surface area (Å²) in [7, 11) is 0. The van der Waals surface area contributed by atoms with Gasteiger partial charge in [0.2, 0.25) is 5.13 Å². The summed E-state index contributed by atoms with van der Waals surface area (Å²) < 4.78 is 44.2. The van der Waals surface area contributed by atoms with Gasteiger partial charge in [-0.15, -0.1) is 10.2 Å². The van der Waals surface area contributed by atoms with Crippen molar-refractivity contribution in [2.45, 2.75) is 16.3 Å². The minimum absolute atomic E-state index is 0.0900. The Labute approximate surface area is 182 Å². The van der Waals surface area contributed by atoms with E-state index in [0.29, 0.717) is 15.7 Å². The molecule has 0 saturated heterocycles. The number of alkyl halides is 3. The molecule has 6 nitrogen and oxygen atoms in total. The Hall–Kier alpha value is -3.18. The number of anilines is 1. The number of nitrogens with one attached hydrogen (secondary N) is 1. The van der Waals surface area contributed by atoms with E-state index in [1.165, 1.54) is 23.9 Å². The first-order valence-corrected chi connectivity index (χ1v) is 10.6. The van der Waals surface area contributed by atoms with Crippen LogP contribution in [-0.4, -0.2) is 21.3 Å². The lowest BCUT2D eigenvalue weighted by Crippen LogP contribution is -2.11. The number of rotatable bonds is 6. The van der Waals surface area contributed by atoms with Crippen LogP contribution >= 0.6 is 23.1 Å². The van der Waals surface area contributed by atoms with E-state index in [4.69, 9.17) is 4.52 Å². The van der Waals surface area contributed by atoms with Crippen LogP contribution in [0, 0.1) is 0 Å². The van der Waals surface area contributed by atoms with Gasteiger partial charge in [0.05, 0.1) is 5.56 Å². The Morgan fingerprint density at radius 2 is 1.87 bits per heavy atom. The van der Waals surface area contributed by atoms with Gasteiger partial charge in [-0.1, -0.05) is 76.8 Å². The Morgan fingerprint density at radius 1 is 1.06 bits per heavy atom. The molecule has 0 atom stereocenters. The van der Waals surface area contributed by atoms with Crippen molar-refractivity contribution in [2.24, 2.45) is 0 Å². The van der Waals surface area contributed by atoms with E-state index in [1.807, 2.05) is 30.3 Å².